The molecule has 1 N–H and O–H groups in total. The normalized spacial score (nSPS) is 10.2. The molecule has 0 heterocycles. The van der Waals surface area contributed by atoms with Crippen molar-refractivity contribution in [3.63, 3.8) is 0 Å². The van der Waals surface area contributed by atoms with Gasteiger partial charge in [-0.3, -0.25) is 4.79 Å². The Labute approximate surface area is 101 Å². The lowest BCUT2D eigenvalue weighted by atomic mass is 10.2. The average Bonchev–Trinajstić information content (AvgIpc) is 2.28. The topological polar surface area (TPSA) is 55.4 Å². The fourth-order valence-electron chi connectivity index (χ4n) is 1.10. The largest absolute Gasteiger partial charge is 0.465 e. The Bertz CT molecular complexity index is 451. The number of esters is 1. The second-order valence-electron chi connectivity index (χ2n) is 2.97. The molecular weight excluding hydrogens is 256 g/mol. The number of methoxy groups -OCH3 is 1. The van der Waals surface area contributed by atoms with Crippen molar-refractivity contribution in [2.45, 2.75) is 6.43 Å². The number of hydrogen-bond acceptors (Lipinski definition) is 3. The van der Waals surface area contributed by atoms with Crippen LogP contribution in [0.15, 0.2) is 18.2 Å². The van der Waals surface area contributed by atoms with Crippen LogP contribution in [0, 0.1) is 0 Å². The Kier molecular flexibility index (Phi) is 4.39. The van der Waals surface area contributed by atoms with Crippen LogP contribution < -0.4 is 5.32 Å². The molecule has 0 spiro atoms. The molecule has 4 nitrogen and oxygen atoms in total. The molecule has 0 fully saturated rings. The summed E-state index contributed by atoms with van der Waals surface area (Å²) in [5.41, 5.74) is -0.166. The van der Waals surface area contributed by atoms with Crippen molar-refractivity contribution >= 4 is 29.2 Å². The smallest absolute Gasteiger partial charge is 0.339 e. The highest BCUT2D eigenvalue weighted by molar-refractivity contribution is 6.31. The molecule has 0 aromatic heterocycles. The number of hydrogen-bond donors (Lipinski definition) is 1. The van der Waals surface area contributed by atoms with E-state index >= 15 is 0 Å². The summed E-state index contributed by atoms with van der Waals surface area (Å²) in [6.07, 6.45) is -3.18. The summed E-state index contributed by atoms with van der Waals surface area (Å²) < 4.78 is 28.6. The number of anilines is 1. The van der Waals surface area contributed by atoms with E-state index in [-0.39, 0.29) is 16.3 Å². The predicted octanol–water partition coefficient (Wildman–Crippen LogP) is 2.33. The summed E-state index contributed by atoms with van der Waals surface area (Å²) in [7, 11) is 1.13. The zero-order valence-electron chi connectivity index (χ0n) is 8.67. The van der Waals surface area contributed by atoms with Gasteiger partial charge in [-0.1, -0.05) is 11.6 Å². The quantitative estimate of drug-likeness (QED) is 0.852. The van der Waals surface area contributed by atoms with Gasteiger partial charge in [0, 0.05) is 5.02 Å². The number of nitrogens with one attached hydrogen (secondary N) is 1. The molecule has 1 amide bonds. The number of halogens is 3. The summed E-state index contributed by atoms with van der Waals surface area (Å²) in [5.74, 6) is -2.27. The Morgan fingerprint density at radius 3 is 2.59 bits per heavy atom. The zero-order chi connectivity index (χ0) is 13.0. The number of ether oxygens (including phenoxy) is 1. The maximum Gasteiger partial charge on any atom is 0.339 e. The van der Waals surface area contributed by atoms with E-state index < -0.39 is 18.3 Å². The number of rotatable bonds is 3. The first kappa shape index (κ1) is 13.4. The molecule has 0 atom stereocenters. The fraction of sp³-hybridized carbons (Fsp3) is 0.200. The maximum absolute atomic E-state index is 12.1. The molecule has 1 rings (SSSR count). The highest BCUT2D eigenvalue weighted by Crippen LogP contribution is 2.22. The third-order valence-electron chi connectivity index (χ3n) is 1.84. The van der Waals surface area contributed by atoms with Crippen LogP contribution in [0.5, 0.6) is 0 Å². The minimum atomic E-state index is -3.18. The molecule has 0 aliphatic heterocycles. The van der Waals surface area contributed by atoms with E-state index in [2.05, 4.69) is 4.74 Å². The molecular formula is C10H8ClF2NO3. The van der Waals surface area contributed by atoms with Crippen molar-refractivity contribution in [3.05, 3.63) is 28.8 Å². The van der Waals surface area contributed by atoms with Gasteiger partial charge in [0.1, 0.15) is 0 Å². The number of carbonyl (C=O) groups is 2. The maximum atomic E-state index is 12.1. The molecule has 0 saturated heterocycles. The van der Waals surface area contributed by atoms with Crippen molar-refractivity contribution in [2.24, 2.45) is 0 Å². The summed E-state index contributed by atoms with van der Waals surface area (Å²) in [6.45, 7) is 0. The fourth-order valence-corrected chi connectivity index (χ4v) is 1.27. The van der Waals surface area contributed by atoms with Gasteiger partial charge in [0.2, 0.25) is 0 Å². The molecule has 1 aromatic carbocycles. The van der Waals surface area contributed by atoms with Crippen LogP contribution in [0.4, 0.5) is 14.5 Å². The van der Waals surface area contributed by atoms with E-state index in [0.717, 1.165) is 7.11 Å². The molecule has 0 aliphatic rings. The third kappa shape index (κ3) is 3.39. The Morgan fingerprint density at radius 1 is 1.41 bits per heavy atom. The lowest BCUT2D eigenvalue weighted by Crippen LogP contribution is -2.21. The summed E-state index contributed by atoms with van der Waals surface area (Å²) in [6, 6.07) is 3.84. The van der Waals surface area contributed by atoms with E-state index in [0.29, 0.717) is 0 Å². The predicted molar refractivity (Wildman–Crippen MR) is 57.4 cm³/mol. The van der Waals surface area contributed by atoms with Crippen molar-refractivity contribution in [2.75, 3.05) is 12.4 Å². The standard InChI is InChI=1S/C10H8ClF2NO3/c1-17-10(16)6-3-2-5(11)4-7(6)14-9(15)8(12)13/h2-4,8H,1H3,(H,14,15). The van der Waals surface area contributed by atoms with E-state index in [4.69, 9.17) is 11.6 Å². The van der Waals surface area contributed by atoms with Gasteiger partial charge >= 0.3 is 12.4 Å². The summed E-state index contributed by atoms with van der Waals surface area (Å²) in [4.78, 5) is 22.1. The van der Waals surface area contributed by atoms with Crippen LogP contribution in [-0.2, 0) is 9.53 Å². The van der Waals surface area contributed by atoms with Gasteiger partial charge < -0.3 is 10.1 Å². The van der Waals surface area contributed by atoms with E-state index in [1.807, 2.05) is 5.32 Å². The van der Waals surface area contributed by atoms with E-state index in [9.17, 15) is 18.4 Å². The second kappa shape index (κ2) is 5.58. The summed E-state index contributed by atoms with van der Waals surface area (Å²) in [5, 5.41) is 2.09. The van der Waals surface area contributed by atoms with Crippen LogP contribution >= 0.6 is 11.6 Å². The van der Waals surface area contributed by atoms with Gasteiger partial charge in [-0.2, -0.15) is 8.78 Å². The lowest BCUT2D eigenvalue weighted by Gasteiger charge is -2.09. The highest BCUT2D eigenvalue weighted by Gasteiger charge is 2.19. The second-order valence-corrected chi connectivity index (χ2v) is 3.41. The molecule has 17 heavy (non-hydrogen) atoms. The van der Waals surface area contributed by atoms with E-state index in [1.165, 1.54) is 18.2 Å². The Morgan fingerprint density at radius 2 is 2.06 bits per heavy atom. The van der Waals surface area contributed by atoms with Gasteiger partial charge in [-0.25, -0.2) is 4.79 Å². The minimum Gasteiger partial charge on any atom is -0.465 e. The first-order valence-corrected chi connectivity index (χ1v) is 4.80. The van der Waals surface area contributed by atoms with Crippen molar-refractivity contribution in [3.8, 4) is 0 Å². The number of alkyl halides is 2. The Balaban J connectivity index is 3.07. The van der Waals surface area contributed by atoms with Gasteiger partial charge in [-0.15, -0.1) is 0 Å². The molecule has 1 aromatic rings. The highest BCUT2D eigenvalue weighted by atomic mass is 35.5. The van der Waals surface area contributed by atoms with Gasteiger partial charge in [-0.05, 0) is 18.2 Å². The lowest BCUT2D eigenvalue weighted by molar-refractivity contribution is -0.126. The number of carbonyl (C=O) groups excluding carboxylic acids is 2. The van der Waals surface area contributed by atoms with Gasteiger partial charge in [0.15, 0.2) is 0 Å². The third-order valence-corrected chi connectivity index (χ3v) is 2.08. The van der Waals surface area contributed by atoms with Crippen LogP contribution in [0.3, 0.4) is 0 Å². The molecule has 0 unspecified atom stereocenters. The van der Waals surface area contributed by atoms with Crippen LogP contribution in [0.2, 0.25) is 5.02 Å². The van der Waals surface area contributed by atoms with Crippen molar-refractivity contribution in [1.82, 2.24) is 0 Å². The average molecular weight is 264 g/mol. The SMILES string of the molecule is COC(=O)c1ccc(Cl)cc1NC(=O)C(F)F. The van der Waals surface area contributed by atoms with Crippen molar-refractivity contribution in [1.29, 1.82) is 0 Å². The van der Waals surface area contributed by atoms with Gasteiger partial charge in [0.05, 0.1) is 18.4 Å². The van der Waals surface area contributed by atoms with Crippen LogP contribution in [0.1, 0.15) is 10.4 Å². The molecule has 0 bridgehead atoms. The monoisotopic (exact) mass is 263 g/mol. The van der Waals surface area contributed by atoms with Crippen LogP contribution in [0.25, 0.3) is 0 Å². The number of amides is 1. The molecule has 92 valence electrons. The molecule has 0 saturated carbocycles. The van der Waals surface area contributed by atoms with E-state index in [1.54, 1.807) is 0 Å². The van der Waals surface area contributed by atoms with Crippen LogP contribution in [-0.4, -0.2) is 25.4 Å². The first-order valence-electron chi connectivity index (χ1n) is 4.42. The first-order chi connectivity index (χ1) is 7.95. The number of benzene rings is 1. The minimum absolute atomic E-state index is 0.0501. The molecule has 7 heteroatoms. The molecule has 0 aliphatic carbocycles. The molecule has 0 radical (unpaired) electrons. The van der Waals surface area contributed by atoms with Gasteiger partial charge in [0.25, 0.3) is 5.91 Å². The van der Waals surface area contributed by atoms with Crippen molar-refractivity contribution < 1.29 is 23.1 Å². The Hall–Kier alpha value is -1.69. The summed E-state index contributed by atoms with van der Waals surface area (Å²) >= 11 is 5.64. The zero-order valence-corrected chi connectivity index (χ0v) is 9.42.